The number of rotatable bonds is 4. The van der Waals surface area contributed by atoms with Gasteiger partial charge in [-0.2, -0.15) is 0 Å². The first-order valence-electron chi connectivity index (χ1n) is 12.6. The molecule has 2 aliphatic heterocycles. The molecule has 2 aromatic rings. The third-order valence-electron chi connectivity index (χ3n) is 7.21. The fourth-order valence-electron chi connectivity index (χ4n) is 5.45. The zero-order chi connectivity index (χ0) is 25.5. The van der Waals surface area contributed by atoms with Crippen LogP contribution >= 0.6 is 0 Å². The Morgan fingerprint density at radius 3 is 2.00 bits per heavy atom. The fraction of sp³-hybridized carbons (Fsp3) is 0.517. The highest BCUT2D eigenvalue weighted by atomic mass is 16.5. The number of carbonyl (C=O) groups excluding carboxylic acids is 1. The average Bonchev–Trinajstić information content (AvgIpc) is 3.26. The van der Waals surface area contributed by atoms with Gasteiger partial charge in [0.15, 0.2) is 6.10 Å². The standard InChI is InChI=1S/C29H38N2O4/c1-18-10-12-21(13-11-18)24-19(2)22-16-31(28(34)30-14-8-7-9-15-30)17-23(22)20(3)25(24)26(27(32)33)35-29(4,5)6/h10-13,26H,7-9,14-17H2,1-6H3,(H,32,33)/t26-/m0/s1. The van der Waals surface area contributed by atoms with E-state index in [1.165, 1.54) is 6.42 Å². The molecule has 0 aromatic heterocycles. The number of carboxylic acid groups (broad SMARTS) is 1. The highest BCUT2D eigenvalue weighted by Crippen LogP contribution is 2.43. The van der Waals surface area contributed by atoms with Crippen LogP contribution in [0.1, 0.15) is 79.5 Å². The smallest absolute Gasteiger partial charge is 0.337 e. The van der Waals surface area contributed by atoms with Gasteiger partial charge in [-0.3, -0.25) is 0 Å². The quantitative estimate of drug-likeness (QED) is 0.573. The van der Waals surface area contributed by atoms with E-state index in [0.29, 0.717) is 18.7 Å². The number of carbonyl (C=O) groups is 2. The molecule has 1 fully saturated rings. The van der Waals surface area contributed by atoms with Crippen LogP contribution < -0.4 is 0 Å². The molecule has 2 amide bonds. The molecular formula is C29H38N2O4. The van der Waals surface area contributed by atoms with Crippen molar-refractivity contribution in [2.75, 3.05) is 13.1 Å². The average molecular weight is 479 g/mol. The number of ether oxygens (including phenoxy) is 1. The second kappa shape index (κ2) is 9.65. The van der Waals surface area contributed by atoms with Gasteiger partial charge in [0.1, 0.15) is 0 Å². The lowest BCUT2D eigenvalue weighted by molar-refractivity contribution is -0.160. The van der Waals surface area contributed by atoms with Crippen molar-refractivity contribution in [2.45, 2.75) is 85.6 Å². The van der Waals surface area contributed by atoms with E-state index < -0.39 is 17.7 Å². The molecule has 1 saturated heterocycles. The zero-order valence-corrected chi connectivity index (χ0v) is 21.9. The number of hydrogen-bond acceptors (Lipinski definition) is 3. The zero-order valence-electron chi connectivity index (χ0n) is 21.9. The van der Waals surface area contributed by atoms with Crippen molar-refractivity contribution >= 4 is 12.0 Å². The van der Waals surface area contributed by atoms with Gasteiger partial charge in [0.2, 0.25) is 0 Å². The van der Waals surface area contributed by atoms with Crippen molar-refractivity contribution in [3.63, 3.8) is 0 Å². The van der Waals surface area contributed by atoms with Crippen molar-refractivity contribution in [2.24, 2.45) is 0 Å². The molecule has 2 heterocycles. The molecule has 0 unspecified atom stereocenters. The van der Waals surface area contributed by atoms with Crippen LogP contribution in [-0.4, -0.2) is 45.6 Å². The first-order valence-corrected chi connectivity index (χ1v) is 12.6. The minimum absolute atomic E-state index is 0.0823. The molecule has 188 valence electrons. The highest BCUT2D eigenvalue weighted by molar-refractivity contribution is 5.85. The molecule has 0 bridgehead atoms. The van der Waals surface area contributed by atoms with E-state index in [9.17, 15) is 14.7 Å². The summed E-state index contributed by atoms with van der Waals surface area (Å²) in [6.07, 6.45) is 2.17. The molecule has 0 aliphatic carbocycles. The van der Waals surface area contributed by atoms with Crippen LogP contribution in [0.2, 0.25) is 0 Å². The minimum Gasteiger partial charge on any atom is -0.479 e. The Morgan fingerprint density at radius 1 is 0.886 bits per heavy atom. The van der Waals surface area contributed by atoms with E-state index >= 15 is 0 Å². The molecule has 1 atom stereocenters. The summed E-state index contributed by atoms with van der Waals surface area (Å²) in [4.78, 5) is 29.8. The van der Waals surface area contributed by atoms with E-state index in [1.807, 2.05) is 56.6 Å². The fourth-order valence-corrected chi connectivity index (χ4v) is 5.45. The lowest BCUT2D eigenvalue weighted by Gasteiger charge is -2.30. The summed E-state index contributed by atoms with van der Waals surface area (Å²) in [5, 5.41) is 10.3. The lowest BCUT2D eigenvalue weighted by atomic mass is 9.83. The second-order valence-corrected chi connectivity index (χ2v) is 11.0. The molecule has 0 radical (unpaired) electrons. The molecule has 1 N–H and O–H groups in total. The highest BCUT2D eigenvalue weighted by Gasteiger charge is 2.37. The van der Waals surface area contributed by atoms with Crippen LogP contribution in [0.25, 0.3) is 11.1 Å². The van der Waals surface area contributed by atoms with Crippen molar-refractivity contribution in [3.05, 3.63) is 57.6 Å². The Balaban J connectivity index is 1.85. The number of benzene rings is 2. The molecule has 2 aliphatic rings. The minimum atomic E-state index is -1.11. The molecule has 6 heteroatoms. The molecule has 4 rings (SSSR count). The first-order chi connectivity index (χ1) is 16.5. The van der Waals surface area contributed by atoms with Crippen LogP contribution in [0.15, 0.2) is 24.3 Å². The number of aryl methyl sites for hydroxylation is 1. The van der Waals surface area contributed by atoms with Gasteiger partial charge in [-0.25, -0.2) is 9.59 Å². The summed E-state index contributed by atoms with van der Waals surface area (Å²) < 4.78 is 6.15. The van der Waals surface area contributed by atoms with Crippen LogP contribution in [0.5, 0.6) is 0 Å². The van der Waals surface area contributed by atoms with Crippen molar-refractivity contribution < 1.29 is 19.4 Å². The number of urea groups is 1. The van der Waals surface area contributed by atoms with Gasteiger partial charge in [0.25, 0.3) is 0 Å². The summed E-state index contributed by atoms with van der Waals surface area (Å²) in [6.45, 7) is 14.4. The topological polar surface area (TPSA) is 70.1 Å². The van der Waals surface area contributed by atoms with Crippen LogP contribution in [0.4, 0.5) is 4.79 Å². The molecule has 35 heavy (non-hydrogen) atoms. The molecular weight excluding hydrogens is 440 g/mol. The molecule has 0 spiro atoms. The number of hydrogen-bond donors (Lipinski definition) is 1. The number of piperidine rings is 1. The van der Waals surface area contributed by atoms with Gasteiger partial charge in [-0.05, 0) is 94.2 Å². The number of aliphatic carboxylic acids is 1. The molecule has 6 nitrogen and oxygen atoms in total. The summed E-state index contributed by atoms with van der Waals surface area (Å²) in [6, 6.07) is 8.28. The summed E-state index contributed by atoms with van der Waals surface area (Å²) >= 11 is 0. The van der Waals surface area contributed by atoms with Crippen LogP contribution in [0.3, 0.4) is 0 Å². The Hall–Kier alpha value is -2.86. The summed E-state index contributed by atoms with van der Waals surface area (Å²) in [5.74, 6) is -1.00. The Morgan fingerprint density at radius 2 is 1.46 bits per heavy atom. The maximum Gasteiger partial charge on any atom is 0.337 e. The Kier molecular flexibility index (Phi) is 6.96. The third kappa shape index (κ3) is 5.08. The monoisotopic (exact) mass is 478 g/mol. The van der Waals surface area contributed by atoms with Crippen molar-refractivity contribution in [3.8, 4) is 11.1 Å². The van der Waals surface area contributed by atoms with E-state index in [0.717, 1.165) is 64.9 Å². The number of carboxylic acids is 1. The van der Waals surface area contributed by atoms with Gasteiger partial charge in [-0.15, -0.1) is 0 Å². The van der Waals surface area contributed by atoms with Crippen molar-refractivity contribution in [1.82, 2.24) is 9.80 Å². The predicted molar refractivity (Wildman–Crippen MR) is 137 cm³/mol. The first kappa shape index (κ1) is 25.2. The number of likely N-dealkylation sites (tertiary alicyclic amines) is 1. The van der Waals surface area contributed by atoms with Crippen LogP contribution in [-0.2, 0) is 22.6 Å². The normalized spacial score (nSPS) is 16.9. The molecule has 2 aromatic carbocycles. The third-order valence-corrected chi connectivity index (χ3v) is 7.21. The van der Waals surface area contributed by atoms with E-state index in [-0.39, 0.29) is 6.03 Å². The Labute approximate surface area is 208 Å². The van der Waals surface area contributed by atoms with Gasteiger partial charge in [0.05, 0.1) is 5.60 Å². The predicted octanol–water partition coefficient (Wildman–Crippen LogP) is 6.14. The van der Waals surface area contributed by atoms with Gasteiger partial charge in [0, 0.05) is 31.7 Å². The van der Waals surface area contributed by atoms with Gasteiger partial charge >= 0.3 is 12.0 Å². The summed E-state index contributed by atoms with van der Waals surface area (Å²) in [5.41, 5.74) is 7.21. The maximum atomic E-state index is 13.3. The SMILES string of the molecule is Cc1ccc(-c2c(C)c3c(c(C)c2[C@H](OC(C)(C)C)C(=O)O)CN(C(=O)N2CCCCC2)C3)cc1. The number of fused-ring (bicyclic) bond motifs is 1. The maximum absolute atomic E-state index is 13.3. The van der Waals surface area contributed by atoms with E-state index in [1.54, 1.807) is 0 Å². The summed E-state index contributed by atoms with van der Waals surface area (Å²) in [7, 11) is 0. The van der Waals surface area contributed by atoms with E-state index in [4.69, 9.17) is 4.74 Å². The molecule has 0 saturated carbocycles. The Bertz CT molecular complexity index is 1130. The number of amides is 2. The lowest BCUT2D eigenvalue weighted by Crippen LogP contribution is -2.43. The second-order valence-electron chi connectivity index (χ2n) is 11.0. The van der Waals surface area contributed by atoms with Gasteiger partial charge in [-0.1, -0.05) is 29.8 Å². The van der Waals surface area contributed by atoms with E-state index in [2.05, 4.69) is 19.1 Å². The van der Waals surface area contributed by atoms with Crippen molar-refractivity contribution in [1.29, 1.82) is 0 Å². The number of nitrogens with zero attached hydrogens (tertiary/aromatic N) is 2. The van der Waals surface area contributed by atoms with Crippen LogP contribution in [0, 0.1) is 20.8 Å². The van der Waals surface area contributed by atoms with Gasteiger partial charge < -0.3 is 19.6 Å². The largest absolute Gasteiger partial charge is 0.479 e.